The van der Waals surface area contributed by atoms with Gasteiger partial charge >= 0.3 is 0 Å². The number of thioether (sulfide) groups is 1. The molecule has 1 amide bonds. The lowest BCUT2D eigenvalue weighted by atomic mass is 10.0. The van der Waals surface area contributed by atoms with Gasteiger partial charge in [0.25, 0.3) is 5.91 Å². The van der Waals surface area contributed by atoms with Crippen LogP contribution in [0.3, 0.4) is 0 Å². The van der Waals surface area contributed by atoms with Crippen molar-refractivity contribution >= 4 is 40.4 Å². The van der Waals surface area contributed by atoms with Gasteiger partial charge in [0, 0.05) is 25.7 Å². The average molecular weight is 335 g/mol. The van der Waals surface area contributed by atoms with Crippen molar-refractivity contribution in [1.82, 2.24) is 9.91 Å². The van der Waals surface area contributed by atoms with Crippen molar-refractivity contribution in [2.75, 3.05) is 18.8 Å². The van der Waals surface area contributed by atoms with Crippen molar-refractivity contribution in [3.05, 3.63) is 35.9 Å². The van der Waals surface area contributed by atoms with Crippen LogP contribution in [0.25, 0.3) is 0 Å². The molecule has 1 atom stereocenters. The Hall–Kier alpha value is -1.40. The Morgan fingerprint density at radius 3 is 2.68 bits per heavy atom. The highest BCUT2D eigenvalue weighted by molar-refractivity contribution is 8.23. The van der Waals surface area contributed by atoms with Crippen molar-refractivity contribution in [1.29, 1.82) is 0 Å². The summed E-state index contributed by atoms with van der Waals surface area (Å²) in [7, 11) is 0. The Bertz CT molecular complexity index is 544. The van der Waals surface area contributed by atoms with Gasteiger partial charge in [-0.3, -0.25) is 4.79 Å². The molecule has 0 aromatic heterocycles. The molecule has 1 aliphatic heterocycles. The fourth-order valence-electron chi connectivity index (χ4n) is 2.37. The largest absolute Gasteiger partial charge is 0.358 e. The molecule has 1 aromatic carbocycles. The number of carbonyl (C=O) groups excluding carboxylic acids is 1. The third-order valence-corrected chi connectivity index (χ3v) is 5.12. The van der Waals surface area contributed by atoms with E-state index in [2.05, 4.69) is 23.8 Å². The molecule has 1 unspecified atom stereocenters. The number of nitrogens with zero attached hydrogens (tertiary/aromatic N) is 3. The zero-order valence-corrected chi connectivity index (χ0v) is 14.6. The SMILES string of the molecule is CCN(CC)C(=S)SCC(=O)N1N=CCC1c1ccccc1. The predicted molar refractivity (Wildman–Crippen MR) is 97.1 cm³/mol. The number of benzene rings is 1. The normalized spacial score (nSPS) is 16.8. The standard InChI is InChI=1S/C16H21N3OS2/c1-3-18(4-2)16(21)22-12-15(20)19-14(10-11-17-19)13-8-6-5-7-9-13/h5-9,11,14H,3-4,10,12H2,1-2H3. The number of hydrazone groups is 1. The van der Waals surface area contributed by atoms with Crippen LogP contribution >= 0.6 is 24.0 Å². The van der Waals surface area contributed by atoms with E-state index in [1.54, 1.807) is 5.01 Å². The minimum atomic E-state index is 0.00195. The molecule has 1 aromatic rings. The molecule has 118 valence electrons. The Morgan fingerprint density at radius 2 is 2.05 bits per heavy atom. The number of amides is 1. The van der Waals surface area contributed by atoms with E-state index in [1.165, 1.54) is 11.8 Å². The van der Waals surface area contributed by atoms with Gasteiger partial charge in [-0.15, -0.1) is 0 Å². The Balaban J connectivity index is 1.94. The first kappa shape index (κ1) is 17.0. The lowest BCUT2D eigenvalue weighted by Gasteiger charge is -2.24. The van der Waals surface area contributed by atoms with E-state index in [4.69, 9.17) is 12.2 Å². The van der Waals surface area contributed by atoms with Gasteiger partial charge in [0.15, 0.2) is 0 Å². The molecule has 2 rings (SSSR count). The quantitative estimate of drug-likeness (QED) is 0.774. The van der Waals surface area contributed by atoms with Crippen LogP contribution in [0.15, 0.2) is 35.4 Å². The number of thiocarbonyl (C=S) groups is 1. The van der Waals surface area contributed by atoms with Crippen molar-refractivity contribution in [2.45, 2.75) is 26.3 Å². The van der Waals surface area contributed by atoms with Crippen molar-refractivity contribution in [2.24, 2.45) is 5.10 Å². The molecule has 0 bridgehead atoms. The van der Waals surface area contributed by atoms with E-state index < -0.39 is 0 Å². The number of hydrogen-bond donors (Lipinski definition) is 0. The van der Waals surface area contributed by atoms with Crippen LogP contribution in [0.5, 0.6) is 0 Å². The molecular formula is C16H21N3OS2. The zero-order valence-electron chi connectivity index (χ0n) is 12.9. The molecule has 0 fully saturated rings. The lowest BCUT2D eigenvalue weighted by Crippen LogP contribution is -2.31. The van der Waals surface area contributed by atoms with Crippen molar-refractivity contribution in [3.63, 3.8) is 0 Å². The van der Waals surface area contributed by atoms with Gasteiger partial charge in [-0.1, -0.05) is 54.3 Å². The van der Waals surface area contributed by atoms with Crippen LogP contribution in [0, 0.1) is 0 Å². The third-order valence-electron chi connectivity index (χ3n) is 3.61. The molecule has 0 saturated carbocycles. The molecule has 1 heterocycles. The monoisotopic (exact) mass is 335 g/mol. The van der Waals surface area contributed by atoms with Crippen LogP contribution < -0.4 is 0 Å². The fourth-order valence-corrected chi connectivity index (χ4v) is 3.62. The van der Waals surface area contributed by atoms with Gasteiger partial charge in [0.2, 0.25) is 0 Å². The molecule has 6 heteroatoms. The molecular weight excluding hydrogens is 314 g/mol. The molecule has 4 nitrogen and oxygen atoms in total. The van der Waals surface area contributed by atoms with Crippen LogP contribution in [0.4, 0.5) is 0 Å². The lowest BCUT2D eigenvalue weighted by molar-refractivity contribution is -0.130. The maximum atomic E-state index is 12.4. The Kier molecular flexibility index (Phi) is 6.39. The summed E-state index contributed by atoms with van der Waals surface area (Å²) in [5, 5.41) is 5.84. The second-order valence-electron chi connectivity index (χ2n) is 4.93. The maximum absolute atomic E-state index is 12.4. The van der Waals surface area contributed by atoms with Crippen molar-refractivity contribution < 1.29 is 4.79 Å². The molecule has 0 saturated heterocycles. The first-order valence-electron chi connectivity index (χ1n) is 7.48. The van der Waals surface area contributed by atoms with Gasteiger partial charge in [-0.25, -0.2) is 5.01 Å². The van der Waals surface area contributed by atoms with Gasteiger partial charge < -0.3 is 4.90 Å². The van der Waals surface area contributed by atoms with E-state index in [0.29, 0.717) is 5.75 Å². The topological polar surface area (TPSA) is 35.9 Å². The molecule has 22 heavy (non-hydrogen) atoms. The number of carbonyl (C=O) groups is 1. The summed E-state index contributed by atoms with van der Waals surface area (Å²) in [6.45, 7) is 5.86. The van der Waals surface area contributed by atoms with E-state index in [1.807, 2.05) is 36.5 Å². The van der Waals surface area contributed by atoms with Gasteiger partial charge in [-0.2, -0.15) is 5.10 Å². The molecule has 0 radical (unpaired) electrons. The van der Waals surface area contributed by atoms with Crippen molar-refractivity contribution in [3.8, 4) is 0 Å². The highest BCUT2D eigenvalue weighted by Gasteiger charge is 2.28. The van der Waals surface area contributed by atoms with Crippen LogP contribution in [0.1, 0.15) is 31.9 Å². The highest BCUT2D eigenvalue weighted by atomic mass is 32.2. The molecule has 1 aliphatic rings. The first-order valence-corrected chi connectivity index (χ1v) is 8.87. The fraction of sp³-hybridized carbons (Fsp3) is 0.438. The summed E-state index contributed by atoms with van der Waals surface area (Å²) < 4.78 is 0.776. The molecule has 0 N–H and O–H groups in total. The van der Waals surface area contributed by atoms with Gasteiger partial charge in [-0.05, 0) is 19.4 Å². The van der Waals surface area contributed by atoms with E-state index >= 15 is 0 Å². The second-order valence-corrected chi connectivity index (χ2v) is 6.53. The van der Waals surface area contributed by atoms with Crippen LogP contribution in [-0.2, 0) is 4.79 Å². The minimum Gasteiger partial charge on any atom is -0.358 e. The summed E-state index contributed by atoms with van der Waals surface area (Å²) in [6, 6.07) is 10.0. The van der Waals surface area contributed by atoms with Gasteiger partial charge in [0.05, 0.1) is 11.8 Å². The van der Waals surface area contributed by atoms with Gasteiger partial charge in [0.1, 0.15) is 4.32 Å². The third kappa shape index (κ3) is 4.08. The second kappa shape index (κ2) is 8.29. The Morgan fingerprint density at radius 1 is 1.36 bits per heavy atom. The van der Waals surface area contributed by atoms with Crippen LogP contribution in [0.2, 0.25) is 0 Å². The smallest absolute Gasteiger partial charge is 0.253 e. The predicted octanol–water partition coefficient (Wildman–Crippen LogP) is 3.31. The van der Waals surface area contributed by atoms with E-state index in [0.717, 1.165) is 29.4 Å². The maximum Gasteiger partial charge on any atom is 0.253 e. The van der Waals surface area contributed by atoms with E-state index in [-0.39, 0.29) is 11.9 Å². The summed E-state index contributed by atoms with van der Waals surface area (Å²) in [4.78, 5) is 14.5. The Labute approximate surface area is 141 Å². The average Bonchev–Trinajstić information content (AvgIpc) is 3.04. The summed E-state index contributed by atoms with van der Waals surface area (Å²) in [5.74, 6) is 0.331. The number of rotatable bonds is 5. The molecule has 0 spiro atoms. The highest BCUT2D eigenvalue weighted by Crippen LogP contribution is 2.28. The summed E-state index contributed by atoms with van der Waals surface area (Å²) in [5.41, 5.74) is 1.12. The van der Waals surface area contributed by atoms with Crippen LogP contribution in [-0.4, -0.2) is 45.2 Å². The van der Waals surface area contributed by atoms with E-state index in [9.17, 15) is 4.79 Å². The summed E-state index contributed by atoms with van der Waals surface area (Å²) in [6.07, 6.45) is 2.57. The molecule has 0 aliphatic carbocycles. The number of hydrogen-bond acceptors (Lipinski definition) is 4. The summed E-state index contributed by atoms with van der Waals surface area (Å²) >= 11 is 6.79. The minimum absolute atomic E-state index is 0.00195. The zero-order chi connectivity index (χ0) is 15.9. The first-order chi connectivity index (χ1) is 10.7.